The molecular weight excluding hydrogens is 616 g/mol. The lowest BCUT2D eigenvalue weighted by atomic mass is 10.2. The zero-order chi connectivity index (χ0) is 27.4. The van der Waals surface area contributed by atoms with E-state index in [2.05, 4.69) is 26.2 Å². The van der Waals surface area contributed by atoms with Gasteiger partial charge in [-0.1, -0.05) is 100 Å². The SMILES string of the molecule is O=C(CSc1nc2ccccc2n1C(=O)CCN1C(=O)/C(=C\c2ccccc2)SC1=S)Nc1cccc(Br)c1. The molecule has 196 valence electrons. The van der Waals surface area contributed by atoms with Crippen molar-refractivity contribution >= 4 is 96.5 Å². The van der Waals surface area contributed by atoms with E-state index in [1.165, 1.54) is 33.0 Å². The van der Waals surface area contributed by atoms with Crippen molar-refractivity contribution in [3.8, 4) is 0 Å². The topological polar surface area (TPSA) is 84.3 Å². The molecule has 3 aromatic carbocycles. The summed E-state index contributed by atoms with van der Waals surface area (Å²) < 4.78 is 2.80. The van der Waals surface area contributed by atoms with Crippen molar-refractivity contribution in [2.24, 2.45) is 0 Å². The monoisotopic (exact) mass is 636 g/mol. The fourth-order valence-corrected chi connectivity index (χ4v) is 6.48. The van der Waals surface area contributed by atoms with Gasteiger partial charge in [-0.25, -0.2) is 4.98 Å². The van der Waals surface area contributed by atoms with Gasteiger partial charge in [0, 0.05) is 23.1 Å². The average molecular weight is 638 g/mol. The van der Waals surface area contributed by atoms with Gasteiger partial charge in [0.2, 0.25) is 11.8 Å². The Labute approximate surface area is 247 Å². The maximum absolute atomic E-state index is 13.5. The summed E-state index contributed by atoms with van der Waals surface area (Å²) >= 11 is 11.2. The zero-order valence-electron chi connectivity index (χ0n) is 20.4. The first-order valence-corrected chi connectivity index (χ1v) is 14.9. The van der Waals surface area contributed by atoms with Gasteiger partial charge >= 0.3 is 0 Å². The lowest BCUT2D eigenvalue weighted by Crippen LogP contribution is -2.31. The molecule has 11 heteroatoms. The van der Waals surface area contributed by atoms with Crippen LogP contribution in [0.4, 0.5) is 5.69 Å². The van der Waals surface area contributed by atoms with Gasteiger partial charge < -0.3 is 5.32 Å². The van der Waals surface area contributed by atoms with E-state index in [0.717, 1.165) is 10.0 Å². The number of imidazole rings is 1. The Morgan fingerprint density at radius 1 is 1.05 bits per heavy atom. The van der Waals surface area contributed by atoms with E-state index in [4.69, 9.17) is 12.2 Å². The average Bonchev–Trinajstić information content (AvgIpc) is 3.42. The smallest absolute Gasteiger partial charge is 0.266 e. The number of nitrogens with zero attached hydrogens (tertiary/aromatic N) is 3. The molecule has 1 aliphatic heterocycles. The summed E-state index contributed by atoms with van der Waals surface area (Å²) in [5.41, 5.74) is 2.87. The van der Waals surface area contributed by atoms with Gasteiger partial charge in [-0.15, -0.1) is 0 Å². The molecular formula is C28H21BrN4O3S3. The van der Waals surface area contributed by atoms with Crippen molar-refractivity contribution in [3.05, 3.63) is 93.8 Å². The number of fused-ring (bicyclic) bond motifs is 1. The van der Waals surface area contributed by atoms with Crippen molar-refractivity contribution in [2.75, 3.05) is 17.6 Å². The van der Waals surface area contributed by atoms with Crippen LogP contribution in [-0.4, -0.2) is 48.8 Å². The Morgan fingerprint density at radius 3 is 2.62 bits per heavy atom. The highest BCUT2D eigenvalue weighted by molar-refractivity contribution is 9.10. The number of benzene rings is 3. The van der Waals surface area contributed by atoms with E-state index >= 15 is 0 Å². The van der Waals surface area contributed by atoms with Crippen LogP contribution in [0.3, 0.4) is 0 Å². The van der Waals surface area contributed by atoms with Crippen LogP contribution in [0.5, 0.6) is 0 Å². The number of hydrogen-bond acceptors (Lipinski definition) is 7. The molecule has 1 fully saturated rings. The van der Waals surface area contributed by atoms with Crippen molar-refractivity contribution in [3.63, 3.8) is 0 Å². The number of nitrogens with one attached hydrogen (secondary N) is 1. The molecule has 1 aromatic heterocycles. The summed E-state index contributed by atoms with van der Waals surface area (Å²) in [4.78, 5) is 45.6. The molecule has 4 aromatic rings. The fraction of sp³-hybridized carbons (Fsp3) is 0.107. The molecule has 1 N–H and O–H groups in total. The number of para-hydroxylation sites is 2. The molecule has 1 aliphatic rings. The second kappa shape index (κ2) is 12.3. The lowest BCUT2D eigenvalue weighted by molar-refractivity contribution is -0.122. The van der Waals surface area contributed by atoms with Gasteiger partial charge in [0.05, 0.1) is 21.7 Å². The molecule has 2 amide bonds. The number of carbonyl (C=O) groups is 3. The van der Waals surface area contributed by atoms with Gasteiger partial charge in [0.15, 0.2) is 5.16 Å². The second-order valence-electron chi connectivity index (χ2n) is 8.45. The van der Waals surface area contributed by atoms with Crippen molar-refractivity contribution in [2.45, 2.75) is 11.6 Å². The van der Waals surface area contributed by atoms with Crippen LogP contribution in [0.15, 0.2) is 93.4 Å². The molecule has 0 aliphatic carbocycles. The van der Waals surface area contributed by atoms with Crippen molar-refractivity contribution in [1.82, 2.24) is 14.5 Å². The lowest BCUT2D eigenvalue weighted by Gasteiger charge is -2.15. The Balaban J connectivity index is 1.28. The predicted octanol–water partition coefficient (Wildman–Crippen LogP) is 6.46. The standard InChI is InChI=1S/C28H21BrN4O3S3/c29-19-9-6-10-20(16-19)30-24(34)17-38-27-31-21-11-4-5-12-22(21)33(27)25(35)13-14-32-26(36)23(39-28(32)37)15-18-7-2-1-3-8-18/h1-12,15-16H,13-14,17H2,(H,30,34)/b23-15+. The molecule has 0 saturated carbocycles. The molecule has 1 saturated heterocycles. The predicted molar refractivity (Wildman–Crippen MR) is 165 cm³/mol. The van der Waals surface area contributed by atoms with Gasteiger partial charge in [-0.2, -0.15) is 0 Å². The molecule has 7 nitrogen and oxygen atoms in total. The van der Waals surface area contributed by atoms with Crippen LogP contribution in [0, 0.1) is 0 Å². The Hall–Kier alpha value is -3.25. The van der Waals surface area contributed by atoms with Crippen LogP contribution in [0.1, 0.15) is 16.8 Å². The Bertz CT molecular complexity index is 1620. The fourth-order valence-electron chi connectivity index (χ4n) is 3.95. The van der Waals surface area contributed by atoms with Gasteiger partial charge in [0.25, 0.3) is 5.91 Å². The van der Waals surface area contributed by atoms with Crippen molar-refractivity contribution in [1.29, 1.82) is 0 Å². The molecule has 0 atom stereocenters. The normalized spacial score (nSPS) is 14.4. The minimum Gasteiger partial charge on any atom is -0.325 e. The first-order chi connectivity index (χ1) is 18.9. The summed E-state index contributed by atoms with van der Waals surface area (Å²) in [6, 6.07) is 24.2. The largest absolute Gasteiger partial charge is 0.325 e. The van der Waals surface area contributed by atoms with Crippen molar-refractivity contribution < 1.29 is 14.4 Å². The quantitative estimate of drug-likeness (QED) is 0.135. The summed E-state index contributed by atoms with van der Waals surface area (Å²) in [6.07, 6.45) is 1.85. The van der Waals surface area contributed by atoms with Gasteiger partial charge in [0.1, 0.15) is 4.32 Å². The van der Waals surface area contributed by atoms with E-state index in [1.54, 1.807) is 12.1 Å². The van der Waals surface area contributed by atoms with Crippen LogP contribution in [-0.2, 0) is 9.59 Å². The minimum absolute atomic E-state index is 0.0449. The third kappa shape index (κ3) is 6.50. The van der Waals surface area contributed by atoms with Crippen LogP contribution < -0.4 is 5.32 Å². The van der Waals surface area contributed by atoms with E-state index in [1.807, 2.05) is 72.8 Å². The van der Waals surface area contributed by atoms with Crippen LogP contribution >= 0.6 is 51.7 Å². The number of thioether (sulfide) groups is 2. The highest BCUT2D eigenvalue weighted by atomic mass is 79.9. The number of halogens is 1. The molecule has 0 spiro atoms. The van der Waals surface area contributed by atoms with E-state index in [9.17, 15) is 14.4 Å². The molecule has 0 bridgehead atoms. The minimum atomic E-state index is -0.236. The van der Waals surface area contributed by atoms with Gasteiger partial charge in [-0.3, -0.25) is 23.9 Å². The molecule has 5 rings (SSSR count). The van der Waals surface area contributed by atoms with E-state index in [-0.39, 0.29) is 36.4 Å². The summed E-state index contributed by atoms with van der Waals surface area (Å²) in [7, 11) is 0. The van der Waals surface area contributed by atoms with E-state index < -0.39 is 0 Å². The Morgan fingerprint density at radius 2 is 1.82 bits per heavy atom. The third-order valence-electron chi connectivity index (χ3n) is 5.74. The first-order valence-electron chi connectivity index (χ1n) is 11.9. The maximum atomic E-state index is 13.5. The number of hydrogen-bond donors (Lipinski definition) is 1. The molecule has 39 heavy (non-hydrogen) atoms. The first kappa shape index (κ1) is 27.3. The Kier molecular flexibility index (Phi) is 8.61. The summed E-state index contributed by atoms with van der Waals surface area (Å²) in [5, 5.41) is 3.27. The number of thiocarbonyl (C=S) groups is 1. The molecule has 2 heterocycles. The van der Waals surface area contributed by atoms with Gasteiger partial charge in [-0.05, 0) is 42.0 Å². The van der Waals surface area contributed by atoms with Crippen LogP contribution in [0.2, 0.25) is 0 Å². The number of anilines is 1. The van der Waals surface area contributed by atoms with Crippen LogP contribution in [0.25, 0.3) is 17.1 Å². The highest BCUT2D eigenvalue weighted by Crippen LogP contribution is 2.33. The summed E-state index contributed by atoms with van der Waals surface area (Å²) in [5.74, 6) is -0.593. The second-order valence-corrected chi connectivity index (χ2v) is 12.0. The van der Waals surface area contributed by atoms with E-state index in [0.29, 0.717) is 31.1 Å². The number of carbonyl (C=O) groups excluding carboxylic acids is 3. The number of aromatic nitrogens is 2. The molecule has 0 unspecified atom stereocenters. The summed E-state index contributed by atoms with van der Waals surface area (Å²) in [6.45, 7) is 0.148. The zero-order valence-corrected chi connectivity index (χ0v) is 24.4. The number of rotatable bonds is 8. The number of amides is 2. The highest BCUT2D eigenvalue weighted by Gasteiger charge is 2.32. The maximum Gasteiger partial charge on any atom is 0.266 e. The molecule has 0 radical (unpaired) electrons. The third-order valence-corrected chi connectivity index (χ3v) is 8.55.